The summed E-state index contributed by atoms with van der Waals surface area (Å²) in [6.45, 7) is 4.93. The third-order valence-corrected chi connectivity index (χ3v) is 13.0. The average molecular weight is 896 g/mol. The maximum Gasteiger partial charge on any atom is 0 e. The molecule has 1 radical (unpaired) electrons. The van der Waals surface area contributed by atoms with Gasteiger partial charge in [-0.05, 0) is 31.2 Å². The monoisotopic (exact) mass is 897 g/mol. The molecule has 0 saturated carbocycles. The van der Waals surface area contributed by atoms with Gasteiger partial charge in [-0.1, -0.05) is 23.1 Å². The standard InChI is InChI=1S/C23H26GeN.C20H14N3O.Ir/c1-18(19-11-7-5-8-12-19)15-21-16-23(20-13-9-6-10-14-20)25-17-22(21)24(2,3)4;1-2-23-17-11-4-3-10-16(17)22-19(23)15-8-5-7-13-14-9-6-12-21-20(14)24-18(13)15;/h5-13,16-18H,15H2,1-4H3;3-7,9-12H,2H2,1H3;/q2*-1;/i15D2;;. The molecule has 0 fully saturated rings. The van der Waals surface area contributed by atoms with E-state index in [1.807, 2.05) is 116 Å². The number of aryl methyl sites for hydroxylation is 1. The van der Waals surface area contributed by atoms with Crippen LogP contribution >= 0.6 is 0 Å². The molecule has 253 valence electrons. The van der Waals surface area contributed by atoms with Crippen molar-refractivity contribution in [1.29, 1.82) is 0 Å². The second-order valence-corrected chi connectivity index (χ2v) is 23.7. The minimum atomic E-state index is -2.32. The van der Waals surface area contributed by atoms with Crippen LogP contribution < -0.4 is 4.40 Å². The van der Waals surface area contributed by atoms with Crippen LogP contribution in [0.1, 0.15) is 33.6 Å². The zero-order valence-corrected chi connectivity index (χ0v) is 33.4. The Kier molecular flexibility index (Phi) is 10.0. The van der Waals surface area contributed by atoms with Gasteiger partial charge in [-0.3, -0.25) is 4.98 Å². The summed E-state index contributed by atoms with van der Waals surface area (Å²) >= 11 is -2.32. The molecule has 4 aromatic carbocycles. The zero-order chi connectivity index (χ0) is 35.8. The molecule has 0 saturated heterocycles. The van der Waals surface area contributed by atoms with E-state index in [0.29, 0.717) is 5.71 Å². The molecule has 8 aromatic rings. The summed E-state index contributed by atoms with van der Waals surface area (Å²) in [7, 11) is 0. The van der Waals surface area contributed by atoms with Crippen molar-refractivity contribution in [2.24, 2.45) is 0 Å². The summed E-state index contributed by atoms with van der Waals surface area (Å²) in [6.07, 6.45) is 2.18. The third kappa shape index (κ3) is 7.25. The molecule has 0 aliphatic rings. The first-order chi connectivity index (χ1) is 24.6. The molecule has 4 aromatic heterocycles. The van der Waals surface area contributed by atoms with Gasteiger partial charge in [0.1, 0.15) is 0 Å². The van der Waals surface area contributed by atoms with Crippen LogP contribution in [0.4, 0.5) is 0 Å². The molecular formula is C43H40GeIrN4O-2. The second-order valence-electron chi connectivity index (χ2n) is 13.1. The minimum Gasteiger partial charge on any atom is 0 e. The van der Waals surface area contributed by atoms with Gasteiger partial charge in [0.15, 0.2) is 0 Å². The smallest absolute Gasteiger partial charge is 0 e. The zero-order valence-electron chi connectivity index (χ0n) is 30.9. The fourth-order valence-electron chi connectivity index (χ4n) is 6.26. The molecule has 0 aliphatic carbocycles. The first-order valence-corrected chi connectivity index (χ1v) is 24.1. The molecule has 50 heavy (non-hydrogen) atoms. The summed E-state index contributed by atoms with van der Waals surface area (Å²) < 4.78 is 27.5. The fraction of sp³-hybridized carbons (Fsp3) is 0.186. The predicted octanol–water partition coefficient (Wildman–Crippen LogP) is 10.3. The van der Waals surface area contributed by atoms with E-state index in [2.05, 4.69) is 56.9 Å². The number of rotatable bonds is 7. The maximum absolute atomic E-state index is 9.05. The molecular weight excluding hydrogens is 853 g/mol. The van der Waals surface area contributed by atoms with E-state index in [0.717, 1.165) is 72.1 Å². The van der Waals surface area contributed by atoms with Gasteiger partial charge in [-0.2, -0.15) is 0 Å². The Hall–Kier alpha value is -4.36. The molecule has 0 spiro atoms. The normalized spacial score (nSPS) is 12.9. The SMILES string of the molecule is CCn1c(-c2[c-]ccc3c2oc2ncccc23)nc2ccccc21.[2H]C([2H])(c1cc(-c2[c-]cccc2)nc[c]1[Ge]([CH3])([CH3])[CH3])C(C)c1ccccc1.[Ir]. The summed E-state index contributed by atoms with van der Waals surface area (Å²) in [5.74, 6) is 7.49. The van der Waals surface area contributed by atoms with Crippen molar-refractivity contribution in [3.8, 4) is 22.6 Å². The number of hydrogen-bond acceptors (Lipinski definition) is 4. The van der Waals surface area contributed by atoms with Crippen molar-refractivity contribution >= 4 is 50.8 Å². The number of fused-ring (bicyclic) bond motifs is 4. The Morgan fingerprint density at radius 3 is 2.40 bits per heavy atom. The molecule has 1 unspecified atom stereocenters. The van der Waals surface area contributed by atoms with Crippen molar-refractivity contribution in [3.63, 3.8) is 0 Å². The van der Waals surface area contributed by atoms with Gasteiger partial charge in [-0.25, -0.2) is 4.98 Å². The van der Waals surface area contributed by atoms with Crippen LogP contribution in [0.25, 0.3) is 55.7 Å². The number of hydrogen-bond donors (Lipinski definition) is 0. The van der Waals surface area contributed by atoms with Gasteiger partial charge < -0.3 is 8.98 Å². The topological polar surface area (TPSA) is 56.7 Å². The number of pyridine rings is 2. The van der Waals surface area contributed by atoms with Gasteiger partial charge in [0.05, 0.1) is 22.4 Å². The van der Waals surface area contributed by atoms with Crippen molar-refractivity contribution in [2.75, 3.05) is 0 Å². The number of furan rings is 1. The third-order valence-electron chi connectivity index (χ3n) is 8.77. The minimum absolute atomic E-state index is 0. The maximum atomic E-state index is 9.05. The van der Waals surface area contributed by atoms with Crippen molar-refractivity contribution in [1.82, 2.24) is 19.5 Å². The van der Waals surface area contributed by atoms with E-state index in [1.165, 1.54) is 0 Å². The van der Waals surface area contributed by atoms with Crippen LogP contribution in [0.2, 0.25) is 17.3 Å². The van der Waals surface area contributed by atoms with Crippen molar-refractivity contribution in [2.45, 2.75) is 50.0 Å². The molecule has 0 amide bonds. The van der Waals surface area contributed by atoms with E-state index in [1.54, 1.807) is 6.20 Å². The Morgan fingerprint density at radius 2 is 1.64 bits per heavy atom. The van der Waals surface area contributed by atoms with Gasteiger partial charge in [0.25, 0.3) is 0 Å². The van der Waals surface area contributed by atoms with Gasteiger partial charge >= 0.3 is 157 Å². The molecule has 0 N–H and O–H groups in total. The fourth-order valence-corrected chi connectivity index (χ4v) is 9.21. The Balaban J connectivity index is 0.000000176. The molecule has 0 aliphatic heterocycles. The Bertz CT molecular complexity index is 2460. The molecule has 4 heterocycles. The number of para-hydroxylation sites is 2. The van der Waals surface area contributed by atoms with Crippen LogP contribution in [0.15, 0.2) is 126 Å². The van der Waals surface area contributed by atoms with Crippen LogP contribution in [0.5, 0.6) is 0 Å². The molecule has 0 bridgehead atoms. The van der Waals surface area contributed by atoms with Crippen molar-refractivity contribution in [3.05, 3.63) is 145 Å². The first-order valence-electron chi connectivity index (χ1n) is 17.7. The average Bonchev–Trinajstić information content (AvgIpc) is 3.73. The van der Waals surface area contributed by atoms with E-state index >= 15 is 0 Å². The van der Waals surface area contributed by atoms with E-state index in [9.17, 15) is 0 Å². The number of benzene rings is 4. The summed E-state index contributed by atoms with van der Waals surface area (Å²) in [5, 5.41) is 2.06. The summed E-state index contributed by atoms with van der Waals surface area (Å²) in [5.41, 5.74) is 7.89. The predicted molar refractivity (Wildman–Crippen MR) is 205 cm³/mol. The second kappa shape index (κ2) is 15.3. The van der Waals surface area contributed by atoms with Crippen LogP contribution in [-0.2, 0) is 33.0 Å². The van der Waals surface area contributed by atoms with E-state index in [-0.39, 0.29) is 26.0 Å². The van der Waals surface area contributed by atoms with Crippen LogP contribution in [0.3, 0.4) is 0 Å². The molecule has 1 atom stereocenters. The van der Waals surface area contributed by atoms with Gasteiger partial charge in [-0.15, -0.1) is 18.2 Å². The Labute approximate surface area is 313 Å². The quantitative estimate of drug-likeness (QED) is 0.118. The van der Waals surface area contributed by atoms with E-state index in [4.69, 9.17) is 12.1 Å². The summed E-state index contributed by atoms with van der Waals surface area (Å²) in [4.78, 5) is 13.8. The van der Waals surface area contributed by atoms with Gasteiger partial charge in [0.2, 0.25) is 5.71 Å². The largest absolute Gasteiger partial charge is 0 e. The van der Waals surface area contributed by atoms with Crippen LogP contribution in [-0.4, -0.2) is 32.8 Å². The van der Waals surface area contributed by atoms with Crippen LogP contribution in [0, 0.1) is 12.1 Å². The first kappa shape index (κ1) is 32.8. The number of imidazole rings is 1. The Morgan fingerprint density at radius 1 is 0.860 bits per heavy atom. The number of aromatic nitrogens is 4. The molecule has 5 nitrogen and oxygen atoms in total. The van der Waals surface area contributed by atoms with Crippen molar-refractivity contribution < 1.29 is 27.3 Å². The number of nitrogens with zero attached hydrogens (tertiary/aromatic N) is 4. The van der Waals surface area contributed by atoms with E-state index < -0.39 is 19.6 Å². The summed E-state index contributed by atoms with van der Waals surface area (Å²) in [6, 6.07) is 42.2. The molecule has 8 rings (SSSR count). The molecule has 7 heteroatoms. The van der Waals surface area contributed by atoms with Gasteiger partial charge in [0, 0.05) is 38.2 Å².